The van der Waals surface area contributed by atoms with Gasteiger partial charge in [0, 0.05) is 12.6 Å². The molecule has 0 aromatic carbocycles. The van der Waals surface area contributed by atoms with Crippen molar-refractivity contribution in [1.82, 2.24) is 9.55 Å². The van der Waals surface area contributed by atoms with Crippen molar-refractivity contribution >= 4 is 11.8 Å². The molecule has 144 valence electrons. The number of rotatable bonds is 5. The van der Waals surface area contributed by atoms with Gasteiger partial charge in [0.05, 0.1) is 12.6 Å². The Hall–Kier alpha value is -2.01. The maximum absolute atomic E-state index is 12.2. The maximum Gasteiger partial charge on any atom is 0.349 e. The fraction of sp³-hybridized carbons (Fsp3) is 0.688. The predicted molar refractivity (Wildman–Crippen MR) is 90.0 cm³/mol. The highest BCUT2D eigenvalue weighted by atomic mass is 16.6. The van der Waals surface area contributed by atoms with Crippen molar-refractivity contribution in [3.05, 3.63) is 22.7 Å². The molecule has 26 heavy (non-hydrogen) atoms. The zero-order valence-electron chi connectivity index (χ0n) is 14.6. The summed E-state index contributed by atoms with van der Waals surface area (Å²) in [5.74, 6) is -0.719. The molecule has 1 aromatic rings. The molecule has 10 heteroatoms. The van der Waals surface area contributed by atoms with Crippen LogP contribution in [-0.2, 0) is 14.3 Å². The number of carbonyl (C=O) groups is 1. The summed E-state index contributed by atoms with van der Waals surface area (Å²) in [7, 11) is 0. The zero-order valence-corrected chi connectivity index (χ0v) is 14.6. The van der Waals surface area contributed by atoms with Gasteiger partial charge in [-0.3, -0.25) is 9.36 Å². The first-order chi connectivity index (χ1) is 12.2. The van der Waals surface area contributed by atoms with Crippen LogP contribution in [0.2, 0.25) is 0 Å². The van der Waals surface area contributed by atoms with Crippen LogP contribution in [0.25, 0.3) is 0 Å². The number of esters is 1. The zero-order chi connectivity index (χ0) is 19.2. The van der Waals surface area contributed by atoms with Crippen LogP contribution in [0.15, 0.2) is 17.1 Å². The van der Waals surface area contributed by atoms with Crippen molar-refractivity contribution in [3.63, 3.8) is 0 Å². The molecule has 4 unspecified atom stereocenters. The molecule has 1 aliphatic carbocycles. The molecule has 3 rings (SSSR count). The molecule has 6 N–H and O–H groups in total. The average molecular weight is 368 g/mol. The van der Waals surface area contributed by atoms with E-state index in [0.717, 1.165) is 0 Å². The van der Waals surface area contributed by atoms with Gasteiger partial charge >= 0.3 is 11.7 Å². The number of nitrogens with zero attached hydrogens (tertiary/aromatic N) is 2. The van der Waals surface area contributed by atoms with E-state index in [2.05, 4.69) is 4.98 Å². The Morgan fingerprint density at radius 1 is 1.58 bits per heavy atom. The third kappa shape index (κ3) is 2.88. The maximum atomic E-state index is 12.2. The number of fused-ring (bicyclic) bond motifs is 1. The van der Waals surface area contributed by atoms with E-state index in [1.165, 1.54) is 16.8 Å². The second kappa shape index (κ2) is 6.62. The van der Waals surface area contributed by atoms with Crippen molar-refractivity contribution in [2.24, 2.45) is 11.7 Å². The fourth-order valence-electron chi connectivity index (χ4n) is 3.51. The number of nitrogen functional groups attached to an aromatic ring is 1. The summed E-state index contributed by atoms with van der Waals surface area (Å²) in [6.07, 6.45) is -1.22. The van der Waals surface area contributed by atoms with Crippen molar-refractivity contribution in [1.29, 1.82) is 0 Å². The largest absolute Gasteiger partial charge is 0.455 e. The van der Waals surface area contributed by atoms with Crippen molar-refractivity contribution in [3.8, 4) is 0 Å². The molecule has 1 saturated carbocycles. The van der Waals surface area contributed by atoms with Gasteiger partial charge < -0.3 is 31.2 Å². The van der Waals surface area contributed by atoms with Gasteiger partial charge in [0.1, 0.15) is 29.7 Å². The van der Waals surface area contributed by atoms with E-state index in [0.29, 0.717) is 0 Å². The Bertz CT molecular complexity index is 753. The molecule has 1 saturated heterocycles. The summed E-state index contributed by atoms with van der Waals surface area (Å²) in [5.41, 5.74) is 9.20. The fourth-order valence-corrected chi connectivity index (χ4v) is 3.51. The van der Waals surface area contributed by atoms with Crippen LogP contribution in [-0.4, -0.2) is 62.3 Å². The Balaban J connectivity index is 1.81. The van der Waals surface area contributed by atoms with Crippen LogP contribution < -0.4 is 17.2 Å². The normalized spacial score (nSPS) is 34.2. The van der Waals surface area contributed by atoms with Crippen molar-refractivity contribution in [2.45, 2.75) is 56.3 Å². The average Bonchev–Trinajstić information content (AvgIpc) is 2.77. The smallest absolute Gasteiger partial charge is 0.349 e. The lowest BCUT2D eigenvalue weighted by atomic mass is 9.70. The molecule has 2 heterocycles. The highest BCUT2D eigenvalue weighted by Crippen LogP contribution is 2.52. The van der Waals surface area contributed by atoms with Crippen LogP contribution in [0.5, 0.6) is 0 Å². The highest BCUT2D eigenvalue weighted by Gasteiger charge is 2.68. The molecule has 6 atom stereocenters. The molecule has 10 nitrogen and oxygen atoms in total. The molecule has 0 radical (unpaired) electrons. The van der Waals surface area contributed by atoms with Crippen LogP contribution >= 0.6 is 0 Å². The summed E-state index contributed by atoms with van der Waals surface area (Å²) in [5, 5.41) is 20.5. The lowest BCUT2D eigenvalue weighted by molar-refractivity contribution is -0.190. The molecule has 1 aromatic heterocycles. The third-order valence-corrected chi connectivity index (χ3v) is 5.15. The number of hydrogen-bond donors (Lipinski definition) is 4. The molecular formula is C16H24N4O6. The number of hydrogen-bond acceptors (Lipinski definition) is 9. The van der Waals surface area contributed by atoms with E-state index < -0.39 is 54.3 Å². The summed E-state index contributed by atoms with van der Waals surface area (Å²) >= 11 is 0. The van der Waals surface area contributed by atoms with Gasteiger partial charge in [-0.25, -0.2) is 4.79 Å². The van der Waals surface area contributed by atoms with E-state index in [1.807, 2.05) is 0 Å². The molecule has 0 spiro atoms. The third-order valence-electron chi connectivity index (χ3n) is 5.15. The Labute approximate surface area is 149 Å². The molecule has 0 bridgehead atoms. The quantitative estimate of drug-likeness (QED) is 0.437. The van der Waals surface area contributed by atoms with Gasteiger partial charge in [-0.1, -0.05) is 13.8 Å². The van der Waals surface area contributed by atoms with Gasteiger partial charge in [-0.2, -0.15) is 4.98 Å². The lowest BCUT2D eigenvalue weighted by Gasteiger charge is -2.48. The van der Waals surface area contributed by atoms with E-state index in [4.69, 9.17) is 20.9 Å². The summed E-state index contributed by atoms with van der Waals surface area (Å²) in [6, 6.07) is 0.116. The Morgan fingerprint density at radius 2 is 2.27 bits per heavy atom. The molecule has 2 aliphatic rings. The van der Waals surface area contributed by atoms with Gasteiger partial charge in [0.15, 0.2) is 6.10 Å². The first-order valence-corrected chi connectivity index (χ1v) is 8.48. The second-order valence-corrected chi connectivity index (χ2v) is 7.21. The predicted octanol–water partition coefficient (Wildman–Crippen LogP) is -1.84. The Kier molecular flexibility index (Phi) is 4.78. The minimum atomic E-state index is -1.51. The minimum absolute atomic E-state index is 0.0934. The number of aromatic nitrogens is 2. The topological polar surface area (TPSA) is 163 Å². The summed E-state index contributed by atoms with van der Waals surface area (Å²) in [6.45, 7) is 3.10. The van der Waals surface area contributed by atoms with E-state index in [-0.39, 0.29) is 18.2 Å². The SMILES string of the molecule is CC(C)C(N)C(=O)O[C@H]1[C@@H](CO)OC2C(n3ccc(N)nc3=O)CC21O. The molecular weight excluding hydrogens is 344 g/mol. The highest BCUT2D eigenvalue weighted by molar-refractivity contribution is 5.76. The number of ether oxygens (including phenoxy) is 2. The van der Waals surface area contributed by atoms with Crippen LogP contribution in [0.1, 0.15) is 26.3 Å². The number of nitrogens with two attached hydrogens (primary N) is 2. The number of aliphatic hydroxyl groups excluding tert-OH is 1. The monoisotopic (exact) mass is 368 g/mol. The number of aliphatic hydroxyl groups is 2. The van der Waals surface area contributed by atoms with Crippen molar-refractivity contribution < 1.29 is 24.5 Å². The number of carbonyl (C=O) groups excluding carboxylic acids is 1. The van der Waals surface area contributed by atoms with Crippen LogP contribution in [0.3, 0.4) is 0 Å². The van der Waals surface area contributed by atoms with E-state index in [9.17, 15) is 19.8 Å². The molecule has 0 amide bonds. The van der Waals surface area contributed by atoms with Gasteiger partial charge in [0.2, 0.25) is 0 Å². The van der Waals surface area contributed by atoms with Crippen LogP contribution in [0, 0.1) is 5.92 Å². The first kappa shape index (κ1) is 18.8. The van der Waals surface area contributed by atoms with E-state index in [1.54, 1.807) is 13.8 Å². The summed E-state index contributed by atoms with van der Waals surface area (Å²) < 4.78 is 12.4. The second-order valence-electron chi connectivity index (χ2n) is 7.21. The lowest BCUT2D eigenvalue weighted by Crippen LogP contribution is -2.63. The number of anilines is 1. The van der Waals surface area contributed by atoms with Gasteiger partial charge in [-0.15, -0.1) is 0 Å². The minimum Gasteiger partial charge on any atom is -0.455 e. The molecule has 2 fully saturated rings. The van der Waals surface area contributed by atoms with Crippen LogP contribution in [0.4, 0.5) is 5.82 Å². The van der Waals surface area contributed by atoms with E-state index >= 15 is 0 Å². The molecule has 1 aliphatic heterocycles. The first-order valence-electron chi connectivity index (χ1n) is 8.48. The standard InChI is InChI=1S/C16H24N4O6/c1-7(2)11(18)14(22)26-13-9(6-21)25-12-8(5-16(12,13)24)20-4-3-10(17)19-15(20)23/h3-4,7-9,11-13,21,24H,5-6,18H2,1-2H3,(H2,17,19,23)/t8?,9-,11?,12?,13+,16?/m1/s1. The van der Waals surface area contributed by atoms with Crippen molar-refractivity contribution in [2.75, 3.05) is 12.3 Å². The van der Waals surface area contributed by atoms with Gasteiger partial charge in [0.25, 0.3) is 0 Å². The Morgan fingerprint density at radius 3 is 2.85 bits per heavy atom. The van der Waals surface area contributed by atoms with Gasteiger partial charge in [-0.05, 0) is 12.0 Å². The summed E-state index contributed by atoms with van der Waals surface area (Å²) in [4.78, 5) is 27.9.